The van der Waals surface area contributed by atoms with Gasteiger partial charge < -0.3 is 9.21 Å². The fraction of sp³-hybridized carbons (Fsp3) is 0.154. The van der Waals surface area contributed by atoms with E-state index in [-0.39, 0.29) is 5.78 Å². The molecule has 0 aliphatic rings. The molecule has 4 aromatic rings. The first-order valence-corrected chi connectivity index (χ1v) is 9.83. The third-order valence-electron chi connectivity index (χ3n) is 4.98. The van der Waals surface area contributed by atoms with Crippen LogP contribution in [0.5, 0.6) is 0 Å². The number of ketones is 1. The number of rotatable bonds is 5. The van der Waals surface area contributed by atoms with Gasteiger partial charge in [0.1, 0.15) is 11.5 Å². The molecular formula is C26H23NO2. The predicted molar refractivity (Wildman–Crippen MR) is 117 cm³/mol. The summed E-state index contributed by atoms with van der Waals surface area (Å²) in [6, 6.07) is 26.2. The maximum absolute atomic E-state index is 11.7. The van der Waals surface area contributed by atoms with E-state index >= 15 is 0 Å². The molecule has 144 valence electrons. The van der Waals surface area contributed by atoms with Gasteiger partial charge >= 0.3 is 0 Å². The minimum absolute atomic E-state index is 0.168. The Hall–Kier alpha value is -3.46. The van der Waals surface area contributed by atoms with Crippen LogP contribution in [0.25, 0.3) is 22.1 Å². The number of nitrogens with zero attached hydrogens (tertiary/aromatic N) is 1. The van der Waals surface area contributed by atoms with Crippen molar-refractivity contribution in [3.05, 3.63) is 95.5 Å². The maximum Gasteiger partial charge on any atom is 0.227 e. The van der Waals surface area contributed by atoms with Crippen molar-refractivity contribution in [2.45, 2.75) is 26.7 Å². The highest BCUT2D eigenvalue weighted by Crippen LogP contribution is 2.30. The highest BCUT2D eigenvalue weighted by Gasteiger charge is 2.15. The molecule has 0 aliphatic carbocycles. The Balaban J connectivity index is 2.01. The van der Waals surface area contributed by atoms with Gasteiger partial charge in [0, 0.05) is 22.9 Å². The van der Waals surface area contributed by atoms with E-state index in [1.165, 1.54) is 5.56 Å². The van der Waals surface area contributed by atoms with Crippen LogP contribution in [0.1, 0.15) is 24.5 Å². The molecule has 3 aromatic carbocycles. The van der Waals surface area contributed by atoms with Crippen molar-refractivity contribution in [3.8, 4) is 11.3 Å². The summed E-state index contributed by atoms with van der Waals surface area (Å²) in [5.41, 5.74) is 4.65. The van der Waals surface area contributed by atoms with Gasteiger partial charge in [0.25, 0.3) is 0 Å². The fourth-order valence-corrected chi connectivity index (χ4v) is 3.46. The Morgan fingerprint density at radius 3 is 2.21 bits per heavy atom. The van der Waals surface area contributed by atoms with Crippen LogP contribution in [0.2, 0.25) is 0 Å². The third kappa shape index (κ3) is 4.19. The second-order valence-electron chi connectivity index (χ2n) is 7.28. The van der Waals surface area contributed by atoms with Crippen molar-refractivity contribution in [1.29, 1.82) is 0 Å². The summed E-state index contributed by atoms with van der Waals surface area (Å²) < 4.78 is 6.40. The van der Waals surface area contributed by atoms with Gasteiger partial charge in [-0.05, 0) is 43.9 Å². The molecule has 29 heavy (non-hydrogen) atoms. The molecule has 0 bridgehead atoms. The lowest BCUT2D eigenvalue weighted by Gasteiger charge is -2.12. The molecular weight excluding hydrogens is 358 g/mol. The van der Waals surface area contributed by atoms with Crippen molar-refractivity contribution in [1.82, 2.24) is 0 Å². The lowest BCUT2D eigenvalue weighted by Crippen LogP contribution is -2.08. The van der Waals surface area contributed by atoms with E-state index in [2.05, 4.69) is 13.0 Å². The normalized spacial score (nSPS) is 11.7. The first kappa shape index (κ1) is 18.9. The molecule has 0 N–H and O–H groups in total. The van der Waals surface area contributed by atoms with Crippen molar-refractivity contribution < 1.29 is 9.21 Å². The van der Waals surface area contributed by atoms with Gasteiger partial charge in [-0.1, -0.05) is 66.2 Å². The number of hydrogen-bond donors (Lipinski definition) is 0. The van der Waals surface area contributed by atoms with Crippen LogP contribution < -0.4 is 5.55 Å². The van der Waals surface area contributed by atoms with Gasteiger partial charge in [0.2, 0.25) is 5.55 Å². The Morgan fingerprint density at radius 1 is 0.862 bits per heavy atom. The second kappa shape index (κ2) is 8.27. The number of carbonyl (C=O) groups excluding carboxylic acids is 1. The minimum atomic E-state index is 0.168. The Bertz CT molecular complexity index is 1220. The Labute approximate surface area is 170 Å². The zero-order valence-corrected chi connectivity index (χ0v) is 16.7. The quantitative estimate of drug-likeness (QED) is 0.415. The molecule has 3 nitrogen and oxygen atoms in total. The standard InChI is InChI=1S/C26H23NO2/c1-18-12-15-21(16-13-18)27-26-24-11-7-6-10-22(24)23(17-14-19(2)28)25(29-26)20-8-4-3-5-9-20/h3-13,15-16H,14,17H2,1-2H3. The molecule has 0 radical (unpaired) electrons. The predicted octanol–water partition coefficient (Wildman–Crippen LogP) is 6.16. The molecule has 1 aromatic heterocycles. The molecule has 3 heteroatoms. The first-order valence-electron chi connectivity index (χ1n) is 9.83. The van der Waals surface area contributed by atoms with Crippen LogP contribution in [-0.2, 0) is 11.2 Å². The van der Waals surface area contributed by atoms with Crippen molar-refractivity contribution in [2.75, 3.05) is 0 Å². The largest absolute Gasteiger partial charge is 0.437 e. The summed E-state index contributed by atoms with van der Waals surface area (Å²) >= 11 is 0. The molecule has 0 atom stereocenters. The molecule has 0 saturated carbocycles. The smallest absolute Gasteiger partial charge is 0.227 e. The topological polar surface area (TPSA) is 42.6 Å². The summed E-state index contributed by atoms with van der Waals surface area (Å²) in [4.78, 5) is 16.5. The number of benzene rings is 3. The average Bonchev–Trinajstić information content (AvgIpc) is 2.75. The van der Waals surface area contributed by atoms with E-state index in [4.69, 9.17) is 9.41 Å². The minimum Gasteiger partial charge on any atom is -0.437 e. The number of carbonyl (C=O) groups is 1. The van der Waals surface area contributed by atoms with E-state index in [1.54, 1.807) is 6.92 Å². The van der Waals surface area contributed by atoms with E-state index in [0.29, 0.717) is 18.4 Å². The van der Waals surface area contributed by atoms with Crippen LogP contribution in [0.15, 0.2) is 88.3 Å². The summed E-state index contributed by atoms with van der Waals surface area (Å²) in [5.74, 6) is 0.943. The van der Waals surface area contributed by atoms with E-state index in [0.717, 1.165) is 33.3 Å². The zero-order valence-electron chi connectivity index (χ0n) is 16.7. The molecule has 0 aliphatic heterocycles. The maximum atomic E-state index is 11.7. The number of aryl methyl sites for hydroxylation is 2. The van der Waals surface area contributed by atoms with Gasteiger partial charge in [-0.2, -0.15) is 0 Å². The molecule has 1 heterocycles. The van der Waals surface area contributed by atoms with Gasteiger partial charge in [-0.3, -0.25) is 0 Å². The zero-order chi connectivity index (χ0) is 20.2. The van der Waals surface area contributed by atoms with E-state index < -0.39 is 0 Å². The Kier molecular flexibility index (Phi) is 5.39. The van der Waals surface area contributed by atoms with E-state index in [9.17, 15) is 4.79 Å². The highest BCUT2D eigenvalue weighted by atomic mass is 16.3. The monoisotopic (exact) mass is 381 g/mol. The molecule has 4 rings (SSSR count). The molecule has 0 fully saturated rings. The Morgan fingerprint density at radius 2 is 1.52 bits per heavy atom. The lowest BCUT2D eigenvalue weighted by atomic mass is 9.97. The lowest BCUT2D eigenvalue weighted by molar-refractivity contribution is -0.116. The van der Waals surface area contributed by atoms with E-state index in [1.807, 2.05) is 72.8 Å². The van der Waals surface area contributed by atoms with Crippen LogP contribution in [-0.4, -0.2) is 5.78 Å². The van der Waals surface area contributed by atoms with Crippen molar-refractivity contribution in [2.24, 2.45) is 4.99 Å². The second-order valence-corrected chi connectivity index (χ2v) is 7.28. The SMILES string of the molecule is CC(=O)CCc1c(-c2ccccc2)oc(=Nc2ccc(C)cc2)c2ccccc12. The number of fused-ring (bicyclic) bond motifs is 1. The van der Waals surface area contributed by atoms with Crippen molar-refractivity contribution >= 4 is 22.2 Å². The highest BCUT2D eigenvalue weighted by molar-refractivity contribution is 5.89. The summed E-state index contributed by atoms with van der Waals surface area (Å²) in [7, 11) is 0. The van der Waals surface area contributed by atoms with Crippen LogP contribution in [0, 0.1) is 6.92 Å². The van der Waals surface area contributed by atoms with Gasteiger partial charge in [0.05, 0.1) is 5.69 Å². The third-order valence-corrected chi connectivity index (χ3v) is 4.98. The average molecular weight is 381 g/mol. The molecule has 0 amide bonds. The summed E-state index contributed by atoms with van der Waals surface area (Å²) in [6.07, 6.45) is 1.11. The van der Waals surface area contributed by atoms with Crippen LogP contribution in [0.4, 0.5) is 5.69 Å². The van der Waals surface area contributed by atoms with Crippen LogP contribution in [0.3, 0.4) is 0 Å². The van der Waals surface area contributed by atoms with Gasteiger partial charge in [-0.15, -0.1) is 0 Å². The van der Waals surface area contributed by atoms with Crippen molar-refractivity contribution in [3.63, 3.8) is 0 Å². The molecule has 0 spiro atoms. The van der Waals surface area contributed by atoms with Gasteiger partial charge in [0.15, 0.2) is 0 Å². The molecule has 0 saturated heterocycles. The van der Waals surface area contributed by atoms with Gasteiger partial charge in [-0.25, -0.2) is 4.99 Å². The summed E-state index contributed by atoms with van der Waals surface area (Å²) in [6.45, 7) is 3.68. The fourth-order valence-electron chi connectivity index (χ4n) is 3.46. The number of hydrogen-bond acceptors (Lipinski definition) is 3. The van der Waals surface area contributed by atoms with Crippen LogP contribution >= 0.6 is 0 Å². The number of Topliss-reactive ketones (excluding diaryl/α,β-unsaturated/α-hetero) is 1. The first-order chi connectivity index (χ1) is 14.1. The molecule has 0 unspecified atom stereocenters. The summed E-state index contributed by atoms with van der Waals surface area (Å²) in [5, 5.41) is 2.02.